The summed E-state index contributed by atoms with van der Waals surface area (Å²) >= 11 is 0. The van der Waals surface area contributed by atoms with Crippen LogP contribution < -0.4 is 10.1 Å². The fraction of sp³-hybridized carbons (Fsp3) is 0.500. The number of piperidine rings is 1. The number of likely N-dealkylation sites (tertiary alicyclic amines) is 1. The summed E-state index contributed by atoms with van der Waals surface area (Å²) in [7, 11) is 1.57. The Balaban J connectivity index is 1.57. The molecule has 0 unspecified atom stereocenters. The van der Waals surface area contributed by atoms with Crippen molar-refractivity contribution in [3.63, 3.8) is 0 Å². The predicted octanol–water partition coefficient (Wildman–Crippen LogP) is 4.17. The Labute approximate surface area is 225 Å². The maximum absolute atomic E-state index is 13.9. The SMILES string of the molecule is COc1ccc(C(=O)N2[C@H](C(=O)N[C@H](C)c3ccccc3)COC23CCN(C(=O)CC(C)(C)C)CC3)cc1. The number of ether oxygens (including phenoxy) is 2. The molecule has 4 rings (SSSR count). The molecular formula is C30H39N3O5. The van der Waals surface area contributed by atoms with Gasteiger partial charge in [0.25, 0.3) is 5.91 Å². The number of methoxy groups -OCH3 is 1. The van der Waals surface area contributed by atoms with Crippen molar-refractivity contribution in [2.24, 2.45) is 5.41 Å². The third-order valence-electron chi connectivity index (χ3n) is 7.36. The van der Waals surface area contributed by atoms with E-state index >= 15 is 0 Å². The molecule has 204 valence electrons. The van der Waals surface area contributed by atoms with Crippen molar-refractivity contribution in [1.82, 2.24) is 15.1 Å². The van der Waals surface area contributed by atoms with Gasteiger partial charge in [0.2, 0.25) is 11.8 Å². The van der Waals surface area contributed by atoms with E-state index in [4.69, 9.17) is 9.47 Å². The molecule has 2 heterocycles. The van der Waals surface area contributed by atoms with E-state index in [9.17, 15) is 14.4 Å². The number of amides is 3. The average Bonchev–Trinajstić information content (AvgIpc) is 3.26. The second kappa shape index (κ2) is 11.2. The number of carbonyl (C=O) groups excluding carboxylic acids is 3. The first-order chi connectivity index (χ1) is 18.0. The zero-order valence-corrected chi connectivity index (χ0v) is 23.0. The van der Waals surface area contributed by atoms with Gasteiger partial charge in [0.05, 0.1) is 19.8 Å². The summed E-state index contributed by atoms with van der Waals surface area (Å²) in [6.45, 7) is 9.10. The van der Waals surface area contributed by atoms with Crippen LogP contribution in [0.5, 0.6) is 5.75 Å². The molecule has 1 spiro atoms. The average molecular weight is 522 g/mol. The van der Waals surface area contributed by atoms with Crippen molar-refractivity contribution in [2.75, 3.05) is 26.8 Å². The number of nitrogens with one attached hydrogen (secondary N) is 1. The smallest absolute Gasteiger partial charge is 0.256 e. The lowest BCUT2D eigenvalue weighted by Crippen LogP contribution is -2.60. The van der Waals surface area contributed by atoms with E-state index in [2.05, 4.69) is 5.32 Å². The normalized spacial score (nSPS) is 19.8. The van der Waals surface area contributed by atoms with Gasteiger partial charge in [0.1, 0.15) is 17.5 Å². The van der Waals surface area contributed by atoms with Crippen molar-refractivity contribution in [2.45, 2.75) is 64.8 Å². The van der Waals surface area contributed by atoms with Crippen LogP contribution in [0.3, 0.4) is 0 Å². The van der Waals surface area contributed by atoms with Crippen LogP contribution in [0.1, 0.15) is 68.9 Å². The van der Waals surface area contributed by atoms with Crippen LogP contribution in [-0.4, -0.2) is 66.1 Å². The highest BCUT2D eigenvalue weighted by atomic mass is 16.5. The Kier molecular flexibility index (Phi) is 8.11. The Morgan fingerprint density at radius 3 is 2.26 bits per heavy atom. The molecule has 8 nitrogen and oxygen atoms in total. The lowest BCUT2D eigenvalue weighted by molar-refractivity contribution is -0.145. The molecular weight excluding hydrogens is 482 g/mol. The molecule has 2 aromatic carbocycles. The van der Waals surface area contributed by atoms with Crippen LogP contribution in [-0.2, 0) is 14.3 Å². The Bertz CT molecular complexity index is 1130. The largest absolute Gasteiger partial charge is 0.497 e. The molecule has 0 bridgehead atoms. The topological polar surface area (TPSA) is 88.2 Å². The van der Waals surface area contributed by atoms with Gasteiger partial charge in [-0.25, -0.2) is 0 Å². The third kappa shape index (κ3) is 6.01. The Morgan fingerprint density at radius 1 is 1.05 bits per heavy atom. The van der Waals surface area contributed by atoms with Crippen molar-refractivity contribution >= 4 is 17.7 Å². The molecule has 38 heavy (non-hydrogen) atoms. The minimum Gasteiger partial charge on any atom is -0.497 e. The summed E-state index contributed by atoms with van der Waals surface area (Å²) in [5.41, 5.74) is 0.377. The molecule has 8 heteroatoms. The van der Waals surface area contributed by atoms with Gasteiger partial charge >= 0.3 is 0 Å². The number of hydrogen-bond donors (Lipinski definition) is 1. The zero-order chi connectivity index (χ0) is 27.5. The van der Waals surface area contributed by atoms with Crippen LogP contribution in [0, 0.1) is 5.41 Å². The molecule has 1 N–H and O–H groups in total. The number of hydrogen-bond acceptors (Lipinski definition) is 5. The molecule has 2 saturated heterocycles. The summed E-state index contributed by atoms with van der Waals surface area (Å²) < 4.78 is 11.6. The van der Waals surface area contributed by atoms with E-state index < -0.39 is 11.8 Å². The first-order valence-corrected chi connectivity index (χ1v) is 13.3. The minimum absolute atomic E-state index is 0.101. The van der Waals surface area contributed by atoms with E-state index in [1.165, 1.54) is 0 Å². The molecule has 2 aromatic rings. The first kappa shape index (κ1) is 27.6. The van der Waals surface area contributed by atoms with Crippen molar-refractivity contribution in [1.29, 1.82) is 0 Å². The van der Waals surface area contributed by atoms with E-state index in [1.807, 2.05) is 62.9 Å². The summed E-state index contributed by atoms with van der Waals surface area (Å²) in [6, 6.07) is 15.6. The standard InChI is InChI=1S/C30H39N3O5/c1-21(22-9-7-6-8-10-22)31-27(35)25-20-38-30(15-17-32(18-16-30)26(34)19-29(2,3)4)33(25)28(36)23-11-13-24(37-5)14-12-23/h6-14,21,25H,15-20H2,1-5H3,(H,31,35)/t21-,25+/m1/s1. The van der Waals surface area contributed by atoms with Crippen LogP contribution in [0.25, 0.3) is 0 Å². The maximum Gasteiger partial charge on any atom is 0.256 e. The van der Waals surface area contributed by atoms with Crippen molar-refractivity contribution < 1.29 is 23.9 Å². The molecule has 0 radical (unpaired) electrons. The highest BCUT2D eigenvalue weighted by Gasteiger charge is 2.54. The molecule has 0 saturated carbocycles. The van der Waals surface area contributed by atoms with Gasteiger partial charge in [0, 0.05) is 37.9 Å². The molecule has 2 fully saturated rings. The van der Waals surface area contributed by atoms with Crippen LogP contribution >= 0.6 is 0 Å². The Morgan fingerprint density at radius 2 is 1.68 bits per heavy atom. The van der Waals surface area contributed by atoms with Crippen LogP contribution in [0.2, 0.25) is 0 Å². The van der Waals surface area contributed by atoms with Gasteiger partial charge in [-0.3, -0.25) is 19.3 Å². The quantitative estimate of drug-likeness (QED) is 0.617. The third-order valence-corrected chi connectivity index (χ3v) is 7.36. The van der Waals surface area contributed by atoms with Gasteiger partial charge in [-0.15, -0.1) is 0 Å². The van der Waals surface area contributed by atoms with Crippen molar-refractivity contribution in [3.05, 3.63) is 65.7 Å². The lowest BCUT2D eigenvalue weighted by atomic mass is 9.90. The number of carbonyl (C=O) groups is 3. The van der Waals surface area contributed by atoms with E-state index in [0.717, 1.165) is 5.56 Å². The van der Waals surface area contributed by atoms with Gasteiger partial charge in [-0.2, -0.15) is 0 Å². The molecule has 3 amide bonds. The monoisotopic (exact) mass is 521 g/mol. The van der Waals surface area contributed by atoms with Gasteiger partial charge < -0.3 is 19.7 Å². The van der Waals surface area contributed by atoms with Gasteiger partial charge in [-0.05, 0) is 42.2 Å². The van der Waals surface area contributed by atoms with Crippen molar-refractivity contribution in [3.8, 4) is 5.75 Å². The molecule has 2 atom stereocenters. The highest BCUT2D eigenvalue weighted by molar-refractivity contribution is 5.98. The van der Waals surface area contributed by atoms with E-state index in [1.54, 1.807) is 36.3 Å². The van der Waals surface area contributed by atoms with Gasteiger partial charge in [-0.1, -0.05) is 51.1 Å². The van der Waals surface area contributed by atoms with Crippen LogP contribution in [0.15, 0.2) is 54.6 Å². The summed E-state index contributed by atoms with van der Waals surface area (Å²) in [4.78, 5) is 43.8. The fourth-order valence-corrected chi connectivity index (χ4v) is 5.25. The fourth-order valence-electron chi connectivity index (χ4n) is 5.25. The molecule has 0 aliphatic carbocycles. The Hall–Kier alpha value is -3.39. The molecule has 2 aliphatic rings. The predicted molar refractivity (Wildman–Crippen MR) is 145 cm³/mol. The number of rotatable bonds is 6. The van der Waals surface area contributed by atoms with E-state index in [0.29, 0.717) is 43.7 Å². The number of benzene rings is 2. The maximum atomic E-state index is 13.9. The zero-order valence-electron chi connectivity index (χ0n) is 23.0. The molecule has 2 aliphatic heterocycles. The molecule has 0 aromatic heterocycles. The second-order valence-electron chi connectivity index (χ2n) is 11.4. The van der Waals surface area contributed by atoms with Crippen LogP contribution in [0.4, 0.5) is 0 Å². The lowest BCUT2D eigenvalue weighted by Gasteiger charge is -2.45. The summed E-state index contributed by atoms with van der Waals surface area (Å²) in [5, 5.41) is 3.07. The van der Waals surface area contributed by atoms with E-state index in [-0.39, 0.29) is 35.8 Å². The second-order valence-corrected chi connectivity index (χ2v) is 11.4. The first-order valence-electron chi connectivity index (χ1n) is 13.3. The summed E-state index contributed by atoms with van der Waals surface area (Å²) in [6.07, 6.45) is 1.35. The highest BCUT2D eigenvalue weighted by Crippen LogP contribution is 2.39. The summed E-state index contributed by atoms with van der Waals surface area (Å²) in [5.74, 6) is 0.216. The minimum atomic E-state index is -0.951. The number of nitrogens with zero attached hydrogens (tertiary/aromatic N) is 2. The van der Waals surface area contributed by atoms with Gasteiger partial charge in [0.15, 0.2) is 0 Å².